The Morgan fingerprint density at radius 2 is 2.23 bits per heavy atom. The topological polar surface area (TPSA) is 85.8 Å². The van der Waals surface area contributed by atoms with Gasteiger partial charge in [-0.2, -0.15) is 9.78 Å². The lowest BCUT2D eigenvalue weighted by atomic mass is 10.3. The van der Waals surface area contributed by atoms with Crippen molar-refractivity contribution in [1.29, 1.82) is 0 Å². The lowest BCUT2D eigenvalue weighted by Crippen LogP contribution is -2.15. The van der Waals surface area contributed by atoms with Crippen molar-refractivity contribution >= 4 is 39.0 Å². The van der Waals surface area contributed by atoms with Crippen LogP contribution in [0.4, 0.5) is 5.82 Å². The molecule has 0 fully saturated rings. The highest BCUT2D eigenvalue weighted by atomic mass is 79.9. The second-order valence-electron chi connectivity index (χ2n) is 5.42. The third-order valence-corrected chi connectivity index (χ3v) is 4.74. The Morgan fingerprint density at radius 3 is 3.00 bits per heavy atom. The Balaban J connectivity index is 1.64. The van der Waals surface area contributed by atoms with Crippen molar-refractivity contribution in [3.8, 4) is 16.6 Å². The highest BCUT2D eigenvalue weighted by molar-refractivity contribution is 9.10. The van der Waals surface area contributed by atoms with Crippen LogP contribution in [0.3, 0.4) is 0 Å². The fourth-order valence-electron chi connectivity index (χ4n) is 2.36. The molecule has 4 aromatic rings. The largest absolute Gasteiger partial charge is 0.463 e. The molecule has 0 aromatic carbocycles. The van der Waals surface area contributed by atoms with Crippen molar-refractivity contribution in [3.63, 3.8) is 0 Å². The molecule has 4 heterocycles. The molecule has 26 heavy (non-hydrogen) atoms. The summed E-state index contributed by atoms with van der Waals surface area (Å²) in [5.41, 5.74) is 1.93. The first-order valence-corrected chi connectivity index (χ1v) is 9.26. The maximum absolute atomic E-state index is 12.5. The summed E-state index contributed by atoms with van der Waals surface area (Å²) >= 11 is 4.73. The minimum atomic E-state index is -0.275. The van der Waals surface area contributed by atoms with Crippen LogP contribution in [-0.4, -0.2) is 25.7 Å². The number of rotatable bonds is 4. The molecule has 9 heteroatoms. The van der Waals surface area contributed by atoms with E-state index in [9.17, 15) is 4.79 Å². The van der Waals surface area contributed by atoms with E-state index in [-0.39, 0.29) is 5.91 Å². The van der Waals surface area contributed by atoms with Gasteiger partial charge in [-0.1, -0.05) is 0 Å². The summed E-state index contributed by atoms with van der Waals surface area (Å²) < 4.78 is 7.71. The third kappa shape index (κ3) is 3.31. The molecule has 7 nitrogen and oxygen atoms in total. The number of aryl methyl sites for hydroxylation is 1. The molecule has 1 amide bonds. The van der Waals surface area contributed by atoms with Gasteiger partial charge < -0.3 is 9.73 Å². The standard InChI is InChI=1S/C17H12BrN5O2S/c1-10-5-15(21-16(24)11-6-12(18)8-19-7-11)23(22-10)17-20-13(9-26-17)14-3-2-4-25-14/h2-9H,1H3,(H,21,24). The second-order valence-corrected chi connectivity index (χ2v) is 7.17. The number of hydrogen-bond donors (Lipinski definition) is 1. The molecule has 0 saturated heterocycles. The number of aromatic nitrogens is 4. The Kier molecular flexibility index (Phi) is 4.39. The number of nitrogens with zero attached hydrogens (tertiary/aromatic N) is 4. The van der Waals surface area contributed by atoms with Gasteiger partial charge in [0.2, 0.25) is 5.13 Å². The average molecular weight is 430 g/mol. The maximum atomic E-state index is 12.5. The summed E-state index contributed by atoms with van der Waals surface area (Å²) in [5.74, 6) is 0.942. The Morgan fingerprint density at radius 1 is 1.35 bits per heavy atom. The maximum Gasteiger partial charge on any atom is 0.258 e. The highest BCUT2D eigenvalue weighted by Gasteiger charge is 2.16. The lowest BCUT2D eigenvalue weighted by Gasteiger charge is -2.06. The first-order chi connectivity index (χ1) is 12.6. The molecule has 4 rings (SSSR count). The smallest absolute Gasteiger partial charge is 0.258 e. The predicted octanol–water partition coefficient (Wildman–Crippen LogP) is 4.31. The van der Waals surface area contributed by atoms with E-state index in [2.05, 4.69) is 36.3 Å². The van der Waals surface area contributed by atoms with Crippen LogP contribution in [-0.2, 0) is 0 Å². The van der Waals surface area contributed by atoms with E-state index in [4.69, 9.17) is 4.42 Å². The van der Waals surface area contributed by atoms with E-state index >= 15 is 0 Å². The Labute approximate surface area is 160 Å². The number of carbonyl (C=O) groups is 1. The van der Waals surface area contributed by atoms with Crippen LogP contribution in [0.25, 0.3) is 16.6 Å². The van der Waals surface area contributed by atoms with Gasteiger partial charge in [0.25, 0.3) is 5.91 Å². The van der Waals surface area contributed by atoms with Crippen molar-refractivity contribution in [2.24, 2.45) is 0 Å². The van der Waals surface area contributed by atoms with Gasteiger partial charge in [0.1, 0.15) is 11.5 Å². The minimum absolute atomic E-state index is 0.275. The molecule has 0 bridgehead atoms. The van der Waals surface area contributed by atoms with Gasteiger partial charge in [0, 0.05) is 28.3 Å². The van der Waals surface area contributed by atoms with E-state index in [1.807, 2.05) is 24.4 Å². The van der Waals surface area contributed by atoms with Gasteiger partial charge in [-0.05, 0) is 41.1 Å². The van der Waals surface area contributed by atoms with Crippen molar-refractivity contribution in [1.82, 2.24) is 19.7 Å². The molecule has 0 saturated carbocycles. The molecular formula is C17H12BrN5O2S. The molecule has 4 aromatic heterocycles. The lowest BCUT2D eigenvalue weighted by molar-refractivity contribution is 0.102. The monoisotopic (exact) mass is 429 g/mol. The van der Waals surface area contributed by atoms with Gasteiger partial charge >= 0.3 is 0 Å². The number of amides is 1. The zero-order valence-electron chi connectivity index (χ0n) is 13.5. The summed E-state index contributed by atoms with van der Waals surface area (Å²) in [6.45, 7) is 1.86. The molecule has 130 valence electrons. The highest BCUT2D eigenvalue weighted by Crippen LogP contribution is 2.26. The molecule has 0 atom stereocenters. The normalized spacial score (nSPS) is 10.8. The molecule has 0 aliphatic heterocycles. The van der Waals surface area contributed by atoms with Gasteiger partial charge in [-0.15, -0.1) is 11.3 Å². The summed E-state index contributed by atoms with van der Waals surface area (Å²) in [7, 11) is 0. The van der Waals surface area contributed by atoms with Gasteiger partial charge in [-0.25, -0.2) is 4.98 Å². The molecule has 0 spiro atoms. The third-order valence-electron chi connectivity index (χ3n) is 3.49. The number of thiazole rings is 1. The fraction of sp³-hybridized carbons (Fsp3) is 0.0588. The first-order valence-electron chi connectivity index (χ1n) is 7.58. The molecule has 1 N–H and O–H groups in total. The van der Waals surface area contributed by atoms with Crippen LogP contribution < -0.4 is 5.32 Å². The summed E-state index contributed by atoms with van der Waals surface area (Å²) in [6.07, 6.45) is 4.73. The first kappa shape index (κ1) is 16.7. The van der Waals surface area contributed by atoms with E-state index in [1.54, 1.807) is 29.3 Å². The molecule has 0 unspecified atom stereocenters. The quantitative estimate of drug-likeness (QED) is 0.522. The Bertz CT molecular complexity index is 1070. The molecule has 0 aliphatic rings. The van der Waals surface area contributed by atoms with Crippen molar-refractivity contribution in [2.75, 3.05) is 5.32 Å². The SMILES string of the molecule is Cc1cc(NC(=O)c2cncc(Br)c2)n(-c2nc(-c3ccco3)cs2)n1. The van der Waals surface area contributed by atoms with E-state index < -0.39 is 0 Å². The number of carbonyl (C=O) groups excluding carboxylic acids is 1. The number of nitrogens with one attached hydrogen (secondary N) is 1. The molecular weight excluding hydrogens is 418 g/mol. The number of furan rings is 1. The van der Waals surface area contributed by atoms with Gasteiger partial charge in [-0.3, -0.25) is 9.78 Å². The van der Waals surface area contributed by atoms with Crippen molar-refractivity contribution in [3.05, 3.63) is 64.0 Å². The minimum Gasteiger partial charge on any atom is -0.463 e. The zero-order valence-corrected chi connectivity index (χ0v) is 15.9. The number of pyridine rings is 1. The van der Waals surface area contributed by atoms with Crippen LogP contribution in [0.1, 0.15) is 16.1 Å². The number of anilines is 1. The van der Waals surface area contributed by atoms with E-state index in [0.29, 0.717) is 22.3 Å². The average Bonchev–Trinajstić information content (AvgIpc) is 3.34. The number of halogens is 1. The van der Waals surface area contributed by atoms with Crippen LogP contribution in [0.15, 0.2) is 57.2 Å². The van der Waals surface area contributed by atoms with Crippen LogP contribution in [0, 0.1) is 6.92 Å². The summed E-state index contributed by atoms with van der Waals surface area (Å²) in [5, 5.41) is 9.81. The van der Waals surface area contributed by atoms with Crippen LogP contribution in [0.5, 0.6) is 0 Å². The van der Waals surface area contributed by atoms with E-state index in [0.717, 1.165) is 15.9 Å². The fourth-order valence-corrected chi connectivity index (χ4v) is 3.50. The number of hydrogen-bond acceptors (Lipinski definition) is 6. The van der Waals surface area contributed by atoms with Gasteiger partial charge in [0.15, 0.2) is 5.76 Å². The predicted molar refractivity (Wildman–Crippen MR) is 102 cm³/mol. The molecule has 0 aliphatic carbocycles. The van der Waals surface area contributed by atoms with E-state index in [1.165, 1.54) is 17.5 Å². The van der Waals surface area contributed by atoms with Crippen LogP contribution >= 0.6 is 27.3 Å². The van der Waals surface area contributed by atoms with Crippen LogP contribution in [0.2, 0.25) is 0 Å². The molecule has 0 radical (unpaired) electrons. The van der Waals surface area contributed by atoms with Crippen molar-refractivity contribution < 1.29 is 9.21 Å². The second kappa shape index (κ2) is 6.85. The zero-order chi connectivity index (χ0) is 18.1. The summed E-state index contributed by atoms with van der Waals surface area (Å²) in [6, 6.07) is 7.14. The Hall–Kier alpha value is -2.78. The summed E-state index contributed by atoms with van der Waals surface area (Å²) in [4.78, 5) is 21.1. The van der Waals surface area contributed by atoms with Crippen molar-refractivity contribution in [2.45, 2.75) is 6.92 Å². The van der Waals surface area contributed by atoms with Gasteiger partial charge in [0.05, 0.1) is 17.5 Å².